The number of carbonyl (C=O) groups excluding carboxylic acids is 1. The Bertz CT molecular complexity index is 3520. The van der Waals surface area contributed by atoms with E-state index in [1.54, 1.807) is 24.3 Å². The van der Waals surface area contributed by atoms with Crippen LogP contribution in [0.4, 0.5) is 41.8 Å². The van der Waals surface area contributed by atoms with Crippen molar-refractivity contribution in [1.82, 2.24) is 44.3 Å². The van der Waals surface area contributed by atoms with Gasteiger partial charge in [0, 0.05) is 126 Å². The topological polar surface area (TPSA) is 177 Å². The molecule has 6 aromatic heterocycles. The number of likely N-dealkylation sites (tertiary alicyclic amines) is 1. The highest BCUT2D eigenvalue weighted by Gasteiger charge is 2.32. The van der Waals surface area contributed by atoms with Crippen molar-refractivity contribution in [2.75, 3.05) is 112 Å². The SMILES string of the molecule is CCc1nn2c(C)cc(N3CCN(CC(=O)N4CC(CO)C4)CC3)cc2c1N(C)c1nc(-c2ccc(F)cc2)c(C#N)s1.CCc1nn2c(C)cc(N3CCNCC3)cc2c1N(C)c1nc(-c2ccc(F)cc2)c(C#N)s1. The average Bonchev–Trinajstić information content (AvgIpc) is 4.28. The molecule has 3 saturated heterocycles. The van der Waals surface area contributed by atoms with Gasteiger partial charge in [-0.3, -0.25) is 9.69 Å². The van der Waals surface area contributed by atoms with Crippen LogP contribution in [0.3, 0.4) is 0 Å². The number of aliphatic hydroxyl groups excluding tert-OH is 1. The van der Waals surface area contributed by atoms with Gasteiger partial charge in [0.1, 0.15) is 44.9 Å². The van der Waals surface area contributed by atoms with Crippen LogP contribution in [0.2, 0.25) is 0 Å². The molecule has 2 N–H and O–H groups in total. The van der Waals surface area contributed by atoms with Crippen molar-refractivity contribution in [1.29, 1.82) is 10.5 Å². The summed E-state index contributed by atoms with van der Waals surface area (Å²) in [5.41, 5.74) is 12.7. The Balaban J connectivity index is 0.000000179. The fraction of sp³-hybridized carbons (Fsp3) is 0.375. The first-order valence-electron chi connectivity index (χ1n) is 26.0. The van der Waals surface area contributed by atoms with Gasteiger partial charge in [0.15, 0.2) is 10.3 Å². The molecule has 0 aliphatic carbocycles. The molecule has 0 unspecified atom stereocenters. The summed E-state index contributed by atoms with van der Waals surface area (Å²) in [5.74, 6) is -0.290. The summed E-state index contributed by atoms with van der Waals surface area (Å²) >= 11 is 2.64. The number of hydrogen-bond donors (Lipinski definition) is 2. The molecule has 1 amide bonds. The van der Waals surface area contributed by atoms with E-state index in [1.165, 1.54) is 52.6 Å². The number of pyridine rings is 2. The lowest BCUT2D eigenvalue weighted by molar-refractivity contribution is -0.139. The lowest BCUT2D eigenvalue weighted by Gasteiger charge is -2.41. The molecule has 8 aromatic rings. The fourth-order valence-corrected chi connectivity index (χ4v) is 12.1. The number of piperazine rings is 2. The number of rotatable bonds is 13. The van der Waals surface area contributed by atoms with E-state index in [9.17, 15) is 29.2 Å². The van der Waals surface area contributed by atoms with Crippen LogP contribution in [0.1, 0.15) is 46.4 Å². The number of nitriles is 2. The van der Waals surface area contributed by atoms with Gasteiger partial charge >= 0.3 is 0 Å². The number of anilines is 6. The Hall–Kier alpha value is -7.53. The molecule has 0 atom stereocenters. The summed E-state index contributed by atoms with van der Waals surface area (Å²) in [4.78, 5) is 36.0. The van der Waals surface area contributed by atoms with E-state index < -0.39 is 0 Å². The number of halogens is 2. The third-order valence-electron chi connectivity index (χ3n) is 14.6. The van der Waals surface area contributed by atoms with Gasteiger partial charge in [-0.25, -0.2) is 27.8 Å². The van der Waals surface area contributed by atoms with E-state index in [4.69, 9.17) is 20.2 Å². The number of amides is 1. The number of carbonyl (C=O) groups is 1. The molecule has 2 aromatic carbocycles. The Labute approximate surface area is 454 Å². The second-order valence-electron chi connectivity index (χ2n) is 19.7. The molecule has 21 heteroatoms. The number of nitrogens with one attached hydrogen (secondary N) is 1. The lowest BCUT2D eigenvalue weighted by Crippen LogP contribution is -2.56. The Morgan fingerprint density at radius 3 is 1.56 bits per heavy atom. The van der Waals surface area contributed by atoms with Crippen LogP contribution in [0.25, 0.3) is 33.5 Å². The molecule has 0 saturated carbocycles. The van der Waals surface area contributed by atoms with Crippen molar-refractivity contribution in [3.63, 3.8) is 0 Å². The van der Waals surface area contributed by atoms with Crippen molar-refractivity contribution in [3.8, 4) is 34.7 Å². The van der Waals surface area contributed by atoms with Gasteiger partial charge in [0.25, 0.3) is 0 Å². The summed E-state index contributed by atoms with van der Waals surface area (Å²) in [6.45, 7) is 17.3. The van der Waals surface area contributed by atoms with Gasteiger partial charge in [-0.1, -0.05) is 36.5 Å². The molecule has 0 bridgehead atoms. The third-order valence-corrected chi connectivity index (χ3v) is 16.7. The monoisotopic (exact) mass is 1080 g/mol. The Morgan fingerprint density at radius 2 is 1.14 bits per heavy atom. The summed E-state index contributed by atoms with van der Waals surface area (Å²) < 4.78 is 30.9. The molecule has 0 spiro atoms. The van der Waals surface area contributed by atoms with Crippen LogP contribution in [0, 0.1) is 54.1 Å². The number of aliphatic hydroxyl groups is 1. The van der Waals surface area contributed by atoms with Crippen LogP contribution in [0.15, 0.2) is 72.8 Å². The van der Waals surface area contributed by atoms with Crippen molar-refractivity contribution < 1.29 is 18.7 Å². The molecule has 0 radical (unpaired) electrons. The molecule has 3 aliphatic rings. The standard InChI is InChI=1S/C31H35FN8O2S.C25H26FN7S/c1-4-25-30(36(3)31-34-29(27(15-33)43-31)22-5-7-23(32)8-6-22)26-14-24(13-20(2)40(26)35-25)38-11-9-37(10-12-38)18-28(42)39-16-21(17-39)19-41;1-4-20-24(21-14-19(13-16(2)33(21)30-20)32-11-9-28-10-12-32)31(3)25-29-23(22(15-27)34-25)17-5-7-18(26)8-6-17/h5-8,13-14,21,41H,4,9-12,16-19H2,1-3H3;5-8,13-14,28H,4,9-12H2,1-3H3. The maximum Gasteiger partial charge on any atom is 0.236 e. The normalized spacial score (nSPS) is 15.1. The largest absolute Gasteiger partial charge is 0.396 e. The minimum absolute atomic E-state index is 0.138. The quantitative estimate of drug-likeness (QED) is 0.113. The molecule has 3 aliphatic heterocycles. The van der Waals surface area contributed by atoms with E-state index in [-0.39, 0.29) is 30.1 Å². The van der Waals surface area contributed by atoms with Gasteiger partial charge in [-0.05, 0) is 99.5 Å². The summed E-state index contributed by atoms with van der Waals surface area (Å²) in [5, 5.41) is 43.4. The first-order chi connectivity index (χ1) is 37.3. The smallest absolute Gasteiger partial charge is 0.236 e. The highest BCUT2D eigenvalue weighted by atomic mass is 32.1. The molecular weight excluding hydrogens is 1020 g/mol. The van der Waals surface area contributed by atoms with Crippen molar-refractivity contribution in [3.05, 3.63) is 117 Å². The van der Waals surface area contributed by atoms with Crippen LogP contribution in [-0.4, -0.2) is 143 Å². The van der Waals surface area contributed by atoms with E-state index >= 15 is 0 Å². The zero-order chi connectivity index (χ0) is 54.1. The number of hydrogen-bond acceptors (Lipinski definition) is 16. The van der Waals surface area contributed by atoms with Crippen LogP contribution < -0.4 is 24.9 Å². The second kappa shape index (κ2) is 22.6. The number of aryl methyl sites for hydroxylation is 4. The average molecular weight is 1080 g/mol. The zero-order valence-electron chi connectivity index (χ0n) is 44.1. The lowest BCUT2D eigenvalue weighted by atomic mass is 10.0. The predicted octanol–water partition coefficient (Wildman–Crippen LogP) is 8.20. The number of fused-ring (bicyclic) bond motifs is 2. The zero-order valence-corrected chi connectivity index (χ0v) is 45.7. The van der Waals surface area contributed by atoms with Crippen LogP contribution >= 0.6 is 22.7 Å². The fourth-order valence-electron chi connectivity index (χ4n) is 10.3. The number of thiazole rings is 2. The van der Waals surface area contributed by atoms with E-state index in [0.717, 1.165) is 122 Å². The van der Waals surface area contributed by atoms with Crippen molar-refractivity contribution in [2.45, 2.75) is 40.5 Å². The first kappa shape index (κ1) is 52.9. The summed E-state index contributed by atoms with van der Waals surface area (Å²) in [7, 11) is 3.92. The minimum Gasteiger partial charge on any atom is -0.396 e. The molecule has 77 heavy (non-hydrogen) atoms. The Morgan fingerprint density at radius 1 is 0.701 bits per heavy atom. The van der Waals surface area contributed by atoms with Crippen molar-refractivity contribution >= 4 is 72.6 Å². The molecular formula is C56H61F2N15O2S2. The van der Waals surface area contributed by atoms with E-state index in [2.05, 4.69) is 84.1 Å². The summed E-state index contributed by atoms with van der Waals surface area (Å²) in [6, 6.07) is 25.4. The maximum absolute atomic E-state index is 13.5. The molecule has 11 rings (SSSR count). The molecule has 398 valence electrons. The summed E-state index contributed by atoms with van der Waals surface area (Å²) in [6.07, 6.45) is 1.49. The van der Waals surface area contributed by atoms with Crippen LogP contribution in [0.5, 0.6) is 0 Å². The maximum atomic E-state index is 13.5. The predicted molar refractivity (Wildman–Crippen MR) is 300 cm³/mol. The second-order valence-corrected chi connectivity index (χ2v) is 21.6. The van der Waals surface area contributed by atoms with E-state index in [1.807, 2.05) is 37.8 Å². The number of nitrogens with zero attached hydrogens (tertiary/aromatic N) is 14. The number of aromatic nitrogens is 6. The van der Waals surface area contributed by atoms with Crippen LogP contribution in [-0.2, 0) is 17.6 Å². The van der Waals surface area contributed by atoms with E-state index in [0.29, 0.717) is 56.6 Å². The highest BCUT2D eigenvalue weighted by Crippen LogP contribution is 2.41. The molecule has 17 nitrogen and oxygen atoms in total. The van der Waals surface area contributed by atoms with Gasteiger partial charge in [0.2, 0.25) is 5.91 Å². The molecule has 3 fully saturated rings. The van der Waals surface area contributed by atoms with Gasteiger partial charge in [0.05, 0.1) is 40.3 Å². The van der Waals surface area contributed by atoms with Gasteiger partial charge < -0.3 is 34.9 Å². The third kappa shape index (κ3) is 10.7. The van der Waals surface area contributed by atoms with Crippen molar-refractivity contribution in [2.24, 2.45) is 5.92 Å². The minimum atomic E-state index is -0.335. The van der Waals surface area contributed by atoms with Gasteiger partial charge in [-0.2, -0.15) is 20.7 Å². The highest BCUT2D eigenvalue weighted by molar-refractivity contribution is 7.17. The number of benzene rings is 2. The molecule has 9 heterocycles. The first-order valence-corrected chi connectivity index (χ1v) is 27.6. The Kier molecular flexibility index (Phi) is 15.5. The van der Waals surface area contributed by atoms with Gasteiger partial charge in [-0.15, -0.1) is 0 Å².